The lowest BCUT2D eigenvalue weighted by Crippen LogP contribution is -2.38. The fourth-order valence-corrected chi connectivity index (χ4v) is 2.87. The minimum Gasteiger partial charge on any atom is -0.484 e. The summed E-state index contributed by atoms with van der Waals surface area (Å²) in [6.45, 7) is 3.58. The van der Waals surface area contributed by atoms with E-state index < -0.39 is 0 Å². The van der Waals surface area contributed by atoms with E-state index in [1.54, 1.807) is 0 Å². The Morgan fingerprint density at radius 1 is 1.18 bits per heavy atom. The van der Waals surface area contributed by atoms with Gasteiger partial charge >= 0.3 is 0 Å². The summed E-state index contributed by atoms with van der Waals surface area (Å²) in [5.74, 6) is 0.677. The number of aryl methyl sites for hydroxylation is 1. The highest BCUT2D eigenvalue weighted by molar-refractivity contribution is 5.77. The van der Waals surface area contributed by atoms with Crippen LogP contribution in [-0.4, -0.2) is 31.6 Å². The summed E-state index contributed by atoms with van der Waals surface area (Å²) in [5, 5.41) is 6.44. The Morgan fingerprint density at radius 3 is 2.68 bits per heavy atom. The molecule has 122 valence electrons. The quantitative estimate of drug-likeness (QED) is 0.601. The van der Waals surface area contributed by atoms with Crippen LogP contribution in [0.4, 0.5) is 0 Å². The standard InChI is InChI=1S/C18H28N2O2/c1-15-7-6-10-17(13-15)22-14-18(21)20-12-11-19-16-8-4-2-3-5-9-16/h6-7,10,13,16,19H,2-5,8-9,11-12,14H2,1H3,(H,20,21). The predicted molar refractivity (Wildman–Crippen MR) is 89.2 cm³/mol. The number of hydrogen-bond acceptors (Lipinski definition) is 3. The van der Waals surface area contributed by atoms with Crippen molar-refractivity contribution in [3.05, 3.63) is 29.8 Å². The second-order valence-corrected chi connectivity index (χ2v) is 6.10. The van der Waals surface area contributed by atoms with Crippen LogP contribution < -0.4 is 15.4 Å². The van der Waals surface area contributed by atoms with Crippen molar-refractivity contribution in [1.29, 1.82) is 0 Å². The Hall–Kier alpha value is -1.55. The van der Waals surface area contributed by atoms with Crippen molar-refractivity contribution < 1.29 is 9.53 Å². The third kappa shape index (κ3) is 6.48. The van der Waals surface area contributed by atoms with Crippen molar-refractivity contribution >= 4 is 5.91 Å². The van der Waals surface area contributed by atoms with E-state index in [4.69, 9.17) is 4.74 Å². The third-order valence-electron chi connectivity index (χ3n) is 4.09. The summed E-state index contributed by atoms with van der Waals surface area (Å²) in [6, 6.07) is 8.36. The van der Waals surface area contributed by atoms with Crippen molar-refractivity contribution in [3.63, 3.8) is 0 Å². The van der Waals surface area contributed by atoms with Crippen LogP contribution >= 0.6 is 0 Å². The Balaban J connectivity index is 1.55. The molecule has 1 aromatic rings. The molecule has 4 nitrogen and oxygen atoms in total. The van der Waals surface area contributed by atoms with Crippen LogP contribution in [0.25, 0.3) is 0 Å². The molecule has 0 aliphatic heterocycles. The first kappa shape index (κ1) is 16.8. The van der Waals surface area contributed by atoms with E-state index in [0.29, 0.717) is 12.6 Å². The summed E-state index contributed by atoms with van der Waals surface area (Å²) in [5.41, 5.74) is 1.13. The zero-order chi connectivity index (χ0) is 15.6. The van der Waals surface area contributed by atoms with Crippen LogP contribution in [0.3, 0.4) is 0 Å². The van der Waals surface area contributed by atoms with E-state index in [-0.39, 0.29) is 12.5 Å². The molecule has 0 bridgehead atoms. The van der Waals surface area contributed by atoms with E-state index in [1.807, 2.05) is 31.2 Å². The molecule has 1 saturated carbocycles. The van der Waals surface area contributed by atoms with Crippen LogP contribution in [0.2, 0.25) is 0 Å². The average Bonchev–Trinajstić information content (AvgIpc) is 2.78. The molecule has 0 aromatic heterocycles. The average molecular weight is 304 g/mol. The highest BCUT2D eigenvalue weighted by Crippen LogP contribution is 2.16. The first-order chi connectivity index (χ1) is 10.7. The van der Waals surface area contributed by atoms with Gasteiger partial charge in [0, 0.05) is 19.1 Å². The van der Waals surface area contributed by atoms with E-state index in [0.717, 1.165) is 17.9 Å². The number of carbonyl (C=O) groups is 1. The van der Waals surface area contributed by atoms with Crippen molar-refractivity contribution in [2.45, 2.75) is 51.5 Å². The Labute approximate surface area is 133 Å². The molecule has 1 fully saturated rings. The molecule has 2 rings (SSSR count). The lowest BCUT2D eigenvalue weighted by Gasteiger charge is -2.16. The Kier molecular flexibility index (Phi) is 7.23. The second-order valence-electron chi connectivity index (χ2n) is 6.10. The molecular weight excluding hydrogens is 276 g/mol. The largest absolute Gasteiger partial charge is 0.484 e. The summed E-state index contributed by atoms with van der Waals surface area (Å²) in [6.07, 6.45) is 7.92. The topological polar surface area (TPSA) is 50.4 Å². The summed E-state index contributed by atoms with van der Waals surface area (Å²) < 4.78 is 5.48. The van der Waals surface area contributed by atoms with Crippen molar-refractivity contribution in [2.24, 2.45) is 0 Å². The van der Waals surface area contributed by atoms with Gasteiger partial charge in [0.15, 0.2) is 6.61 Å². The van der Waals surface area contributed by atoms with Crippen LogP contribution in [-0.2, 0) is 4.79 Å². The molecule has 0 saturated heterocycles. The molecule has 4 heteroatoms. The molecule has 22 heavy (non-hydrogen) atoms. The van der Waals surface area contributed by atoms with Gasteiger partial charge < -0.3 is 15.4 Å². The summed E-state index contributed by atoms with van der Waals surface area (Å²) >= 11 is 0. The zero-order valence-corrected chi connectivity index (χ0v) is 13.6. The number of rotatable bonds is 7. The number of carbonyl (C=O) groups excluding carboxylic acids is 1. The van der Waals surface area contributed by atoms with Crippen molar-refractivity contribution in [1.82, 2.24) is 10.6 Å². The van der Waals surface area contributed by atoms with E-state index in [1.165, 1.54) is 38.5 Å². The number of amides is 1. The Morgan fingerprint density at radius 2 is 1.95 bits per heavy atom. The Bertz CT molecular complexity index is 454. The van der Waals surface area contributed by atoms with Gasteiger partial charge in [0.1, 0.15) is 5.75 Å². The molecule has 2 N–H and O–H groups in total. The molecule has 0 atom stereocenters. The zero-order valence-electron chi connectivity index (χ0n) is 13.6. The molecule has 1 aliphatic rings. The highest BCUT2D eigenvalue weighted by atomic mass is 16.5. The number of nitrogens with one attached hydrogen (secondary N) is 2. The molecule has 0 unspecified atom stereocenters. The summed E-state index contributed by atoms with van der Waals surface area (Å²) in [4.78, 5) is 11.7. The maximum Gasteiger partial charge on any atom is 0.257 e. The fourth-order valence-electron chi connectivity index (χ4n) is 2.87. The lowest BCUT2D eigenvalue weighted by atomic mass is 10.1. The first-order valence-electron chi connectivity index (χ1n) is 8.43. The monoisotopic (exact) mass is 304 g/mol. The lowest BCUT2D eigenvalue weighted by molar-refractivity contribution is -0.123. The van der Waals surface area contributed by atoms with Crippen molar-refractivity contribution in [2.75, 3.05) is 19.7 Å². The van der Waals surface area contributed by atoms with Gasteiger partial charge in [-0.1, -0.05) is 37.8 Å². The van der Waals surface area contributed by atoms with Gasteiger partial charge in [-0.25, -0.2) is 0 Å². The third-order valence-corrected chi connectivity index (χ3v) is 4.09. The molecule has 0 radical (unpaired) electrons. The first-order valence-corrected chi connectivity index (χ1v) is 8.43. The van der Waals surface area contributed by atoms with Gasteiger partial charge in [0.05, 0.1) is 0 Å². The number of ether oxygens (including phenoxy) is 1. The van der Waals surface area contributed by atoms with Crippen molar-refractivity contribution in [3.8, 4) is 5.75 Å². The maximum atomic E-state index is 11.7. The normalized spacial score (nSPS) is 16.0. The number of hydrogen-bond donors (Lipinski definition) is 2. The smallest absolute Gasteiger partial charge is 0.257 e. The van der Waals surface area contributed by atoms with Crippen LogP contribution in [0.15, 0.2) is 24.3 Å². The van der Waals surface area contributed by atoms with Gasteiger partial charge in [0.2, 0.25) is 0 Å². The predicted octanol–water partition coefficient (Wildman–Crippen LogP) is 2.80. The van der Waals surface area contributed by atoms with Gasteiger partial charge in [-0.3, -0.25) is 4.79 Å². The molecule has 0 spiro atoms. The minimum atomic E-state index is -0.0656. The van der Waals surface area contributed by atoms with Gasteiger partial charge in [-0.2, -0.15) is 0 Å². The van der Waals surface area contributed by atoms with Gasteiger partial charge in [-0.05, 0) is 37.5 Å². The van der Waals surface area contributed by atoms with Crippen LogP contribution in [0, 0.1) is 6.92 Å². The second kappa shape index (κ2) is 9.46. The molecule has 0 heterocycles. The summed E-state index contributed by atoms with van der Waals surface area (Å²) in [7, 11) is 0. The van der Waals surface area contributed by atoms with E-state index in [2.05, 4.69) is 10.6 Å². The van der Waals surface area contributed by atoms with Crippen LogP contribution in [0.5, 0.6) is 5.75 Å². The van der Waals surface area contributed by atoms with Crippen LogP contribution in [0.1, 0.15) is 44.1 Å². The minimum absolute atomic E-state index is 0.0656. The van der Waals surface area contributed by atoms with Gasteiger partial charge in [0.25, 0.3) is 5.91 Å². The highest BCUT2D eigenvalue weighted by Gasteiger charge is 2.11. The molecular formula is C18H28N2O2. The number of benzene rings is 1. The SMILES string of the molecule is Cc1cccc(OCC(=O)NCCNC2CCCCCC2)c1. The van der Waals surface area contributed by atoms with E-state index >= 15 is 0 Å². The van der Waals surface area contributed by atoms with Gasteiger partial charge in [-0.15, -0.1) is 0 Å². The molecule has 1 aromatic carbocycles. The van der Waals surface area contributed by atoms with E-state index in [9.17, 15) is 4.79 Å². The maximum absolute atomic E-state index is 11.7. The molecule has 1 aliphatic carbocycles. The molecule has 1 amide bonds. The fraction of sp³-hybridized carbons (Fsp3) is 0.611.